The van der Waals surface area contributed by atoms with Gasteiger partial charge in [-0.2, -0.15) is 13.2 Å². The number of carbonyl (C=O) groups is 2. The molecule has 0 fully saturated rings. The minimum Gasteiger partial charge on any atom is -0.465 e. The maximum absolute atomic E-state index is 13.0. The molecule has 2 amide bonds. The molecule has 0 saturated heterocycles. The number of carbonyl (C=O) groups excluding carboxylic acids is 2. The second-order valence-electron chi connectivity index (χ2n) is 4.80. The number of esters is 1. The maximum Gasteiger partial charge on any atom is 0.418 e. The lowest BCUT2D eigenvalue weighted by molar-refractivity contribution is -0.136. The number of para-hydroxylation sites is 1. The predicted octanol–water partition coefficient (Wildman–Crippen LogP) is 4.79. The number of ether oxygens (including phenoxy) is 1. The molecule has 0 heterocycles. The fourth-order valence-electron chi connectivity index (χ4n) is 2.02. The molecule has 2 aromatic carbocycles. The first-order valence-corrected chi connectivity index (χ1v) is 7.22. The normalized spacial score (nSPS) is 10.9. The number of rotatable bonds is 3. The lowest BCUT2D eigenvalue weighted by atomic mass is 10.1. The minimum atomic E-state index is -4.70. The molecule has 0 aliphatic rings. The Kier molecular flexibility index (Phi) is 5.53. The largest absolute Gasteiger partial charge is 0.465 e. The number of nitrogens with one attached hydrogen (secondary N) is 2. The summed E-state index contributed by atoms with van der Waals surface area (Å²) in [5.41, 5.74) is -1.40. The molecule has 0 unspecified atom stereocenters. The van der Waals surface area contributed by atoms with Gasteiger partial charge in [0.05, 0.1) is 29.6 Å². The summed E-state index contributed by atoms with van der Waals surface area (Å²) in [7, 11) is 1.17. The number of urea groups is 1. The van der Waals surface area contributed by atoms with E-state index >= 15 is 0 Å². The third-order valence-electron chi connectivity index (χ3n) is 3.12. The topological polar surface area (TPSA) is 67.4 Å². The number of amides is 2. The lowest BCUT2D eigenvalue weighted by Gasteiger charge is -2.15. The molecule has 0 bridgehead atoms. The molecule has 0 aliphatic carbocycles. The summed E-state index contributed by atoms with van der Waals surface area (Å²) in [5, 5.41) is 4.30. The molecule has 2 N–H and O–H groups in total. The molecule has 132 valence electrons. The van der Waals surface area contributed by atoms with Crippen molar-refractivity contribution in [2.45, 2.75) is 6.18 Å². The number of hydrogen-bond acceptors (Lipinski definition) is 3. The highest BCUT2D eigenvalue weighted by molar-refractivity contribution is 6.30. The van der Waals surface area contributed by atoms with E-state index < -0.39 is 29.4 Å². The molecule has 9 heteroatoms. The van der Waals surface area contributed by atoms with Gasteiger partial charge in [-0.05, 0) is 30.3 Å². The van der Waals surface area contributed by atoms with Gasteiger partial charge in [0.25, 0.3) is 0 Å². The highest BCUT2D eigenvalue weighted by atomic mass is 35.5. The van der Waals surface area contributed by atoms with Crippen LogP contribution in [0, 0.1) is 0 Å². The first-order valence-electron chi connectivity index (χ1n) is 6.84. The first-order chi connectivity index (χ1) is 11.7. The van der Waals surface area contributed by atoms with E-state index in [9.17, 15) is 22.8 Å². The van der Waals surface area contributed by atoms with Crippen LogP contribution in [0.25, 0.3) is 0 Å². The van der Waals surface area contributed by atoms with Crippen molar-refractivity contribution in [3.05, 3.63) is 58.6 Å². The number of benzene rings is 2. The van der Waals surface area contributed by atoms with Crippen LogP contribution in [0.4, 0.5) is 29.3 Å². The fraction of sp³-hybridized carbons (Fsp3) is 0.125. The molecule has 0 atom stereocenters. The van der Waals surface area contributed by atoms with Crippen molar-refractivity contribution in [3.63, 3.8) is 0 Å². The standard InChI is InChI=1S/C16H12ClF3N2O3/c1-25-14(23)10-4-2-3-5-12(10)21-15(24)22-13-7-6-9(17)8-11(13)16(18,19)20/h2-8H,1H3,(H2,21,22,24). The zero-order chi connectivity index (χ0) is 18.6. The molecular weight excluding hydrogens is 361 g/mol. The van der Waals surface area contributed by atoms with Crippen molar-refractivity contribution in [1.82, 2.24) is 0 Å². The van der Waals surface area contributed by atoms with Gasteiger partial charge >= 0.3 is 18.2 Å². The van der Waals surface area contributed by atoms with Crippen molar-refractivity contribution in [2.24, 2.45) is 0 Å². The molecule has 25 heavy (non-hydrogen) atoms. The van der Waals surface area contributed by atoms with Gasteiger partial charge in [-0.25, -0.2) is 9.59 Å². The quantitative estimate of drug-likeness (QED) is 0.761. The van der Waals surface area contributed by atoms with Crippen LogP contribution in [0.3, 0.4) is 0 Å². The summed E-state index contributed by atoms with van der Waals surface area (Å²) in [5.74, 6) is -0.696. The second kappa shape index (κ2) is 7.43. The first kappa shape index (κ1) is 18.6. The van der Waals surface area contributed by atoms with Gasteiger partial charge in [0.1, 0.15) is 0 Å². The number of hydrogen-bond donors (Lipinski definition) is 2. The van der Waals surface area contributed by atoms with E-state index in [2.05, 4.69) is 15.4 Å². The number of halogens is 4. The Labute approximate surface area is 145 Å². The Balaban J connectivity index is 2.24. The van der Waals surface area contributed by atoms with Crippen LogP contribution in [0.1, 0.15) is 15.9 Å². The fourth-order valence-corrected chi connectivity index (χ4v) is 2.19. The van der Waals surface area contributed by atoms with Crippen LogP contribution >= 0.6 is 11.6 Å². The van der Waals surface area contributed by atoms with Crippen LogP contribution < -0.4 is 10.6 Å². The molecule has 0 saturated carbocycles. The highest BCUT2D eigenvalue weighted by Gasteiger charge is 2.34. The molecule has 5 nitrogen and oxygen atoms in total. The van der Waals surface area contributed by atoms with Crippen LogP contribution in [-0.4, -0.2) is 19.1 Å². The van der Waals surface area contributed by atoms with E-state index in [1.165, 1.54) is 25.3 Å². The summed E-state index contributed by atoms with van der Waals surface area (Å²) in [4.78, 5) is 23.7. The number of anilines is 2. The SMILES string of the molecule is COC(=O)c1ccccc1NC(=O)Nc1ccc(Cl)cc1C(F)(F)F. The summed E-state index contributed by atoms with van der Waals surface area (Å²) in [6, 6.07) is 7.93. The van der Waals surface area contributed by atoms with Crippen molar-refractivity contribution >= 4 is 35.0 Å². The Morgan fingerprint density at radius 3 is 2.32 bits per heavy atom. The third-order valence-corrected chi connectivity index (χ3v) is 3.35. The Morgan fingerprint density at radius 2 is 1.68 bits per heavy atom. The predicted molar refractivity (Wildman–Crippen MR) is 86.9 cm³/mol. The number of methoxy groups -OCH3 is 1. The summed E-state index contributed by atoms with van der Waals surface area (Å²) >= 11 is 5.58. The maximum atomic E-state index is 13.0. The highest BCUT2D eigenvalue weighted by Crippen LogP contribution is 2.36. The van der Waals surface area contributed by atoms with Crippen molar-refractivity contribution in [1.29, 1.82) is 0 Å². The van der Waals surface area contributed by atoms with E-state index in [-0.39, 0.29) is 16.3 Å². The molecule has 0 aromatic heterocycles. The van der Waals surface area contributed by atoms with Crippen LogP contribution in [0.5, 0.6) is 0 Å². The third kappa shape index (κ3) is 4.63. The second-order valence-corrected chi connectivity index (χ2v) is 5.24. The molecular formula is C16H12ClF3N2O3. The molecule has 0 radical (unpaired) electrons. The van der Waals surface area contributed by atoms with Crippen LogP contribution in [0.15, 0.2) is 42.5 Å². The summed E-state index contributed by atoms with van der Waals surface area (Å²) in [6.07, 6.45) is -4.70. The van der Waals surface area contributed by atoms with Crippen molar-refractivity contribution in [3.8, 4) is 0 Å². The average Bonchev–Trinajstić information content (AvgIpc) is 2.55. The summed E-state index contributed by atoms with van der Waals surface area (Å²) in [6.45, 7) is 0. The van der Waals surface area contributed by atoms with E-state index in [1.54, 1.807) is 12.1 Å². The van der Waals surface area contributed by atoms with Gasteiger partial charge in [-0.1, -0.05) is 23.7 Å². The zero-order valence-corrected chi connectivity index (χ0v) is 13.5. The summed E-state index contributed by atoms with van der Waals surface area (Å²) < 4.78 is 43.7. The minimum absolute atomic E-state index is 0.0623. The molecule has 2 rings (SSSR count). The van der Waals surface area contributed by atoms with Crippen LogP contribution in [-0.2, 0) is 10.9 Å². The molecule has 0 spiro atoms. The van der Waals surface area contributed by atoms with Crippen molar-refractivity contribution in [2.75, 3.05) is 17.7 Å². The van der Waals surface area contributed by atoms with E-state index in [1.807, 2.05) is 0 Å². The van der Waals surface area contributed by atoms with E-state index in [4.69, 9.17) is 11.6 Å². The molecule has 2 aromatic rings. The molecule has 0 aliphatic heterocycles. The van der Waals surface area contributed by atoms with Gasteiger partial charge in [0.2, 0.25) is 0 Å². The zero-order valence-electron chi connectivity index (χ0n) is 12.8. The Morgan fingerprint density at radius 1 is 1.04 bits per heavy atom. The van der Waals surface area contributed by atoms with Crippen molar-refractivity contribution < 1.29 is 27.5 Å². The van der Waals surface area contributed by atoms with E-state index in [0.29, 0.717) is 6.07 Å². The van der Waals surface area contributed by atoms with Gasteiger partial charge in [0.15, 0.2) is 0 Å². The van der Waals surface area contributed by atoms with E-state index in [0.717, 1.165) is 6.07 Å². The lowest BCUT2D eigenvalue weighted by Crippen LogP contribution is -2.23. The van der Waals surface area contributed by atoms with Gasteiger partial charge in [-0.15, -0.1) is 0 Å². The monoisotopic (exact) mass is 372 g/mol. The smallest absolute Gasteiger partial charge is 0.418 e. The average molecular weight is 373 g/mol. The van der Waals surface area contributed by atoms with Gasteiger partial charge in [-0.3, -0.25) is 0 Å². The van der Waals surface area contributed by atoms with Crippen LogP contribution in [0.2, 0.25) is 5.02 Å². The Hall–Kier alpha value is -2.74. The van der Waals surface area contributed by atoms with Gasteiger partial charge in [0, 0.05) is 5.02 Å². The number of alkyl halides is 3. The van der Waals surface area contributed by atoms with Gasteiger partial charge < -0.3 is 15.4 Å². The Bertz CT molecular complexity index is 809.